The molecule has 2 amide bonds. The number of nitrogens with zero attached hydrogens (tertiary/aromatic N) is 2. The second kappa shape index (κ2) is 8.94. The van der Waals surface area contributed by atoms with Gasteiger partial charge in [-0.05, 0) is 48.7 Å². The molecule has 2 saturated heterocycles. The summed E-state index contributed by atoms with van der Waals surface area (Å²) in [6.07, 6.45) is 4.93. The summed E-state index contributed by atoms with van der Waals surface area (Å²) in [4.78, 5) is 29.5. The molecule has 180 valence electrons. The number of amides is 2. The highest BCUT2D eigenvalue weighted by molar-refractivity contribution is 5.98. The molecule has 7 nitrogen and oxygen atoms in total. The van der Waals surface area contributed by atoms with Crippen molar-refractivity contribution in [2.75, 3.05) is 26.5 Å². The van der Waals surface area contributed by atoms with Gasteiger partial charge in [-0.1, -0.05) is 36.8 Å². The number of fused-ring (bicyclic) bond motifs is 2. The highest BCUT2D eigenvalue weighted by atomic mass is 16.7. The SMILES string of the molecule is O=C(c1ccc2c(c1)OCO2)N1CC(=O)N2[C@H](CO)[C@@H](c3ccc(C#CC4CCCC4)cc3)[C@H]2C1. The number of rotatable bonds is 3. The van der Waals surface area contributed by atoms with E-state index in [-0.39, 0.29) is 49.8 Å². The molecule has 6 rings (SSSR count). The number of benzene rings is 2. The summed E-state index contributed by atoms with van der Waals surface area (Å²) in [6, 6.07) is 12.8. The summed E-state index contributed by atoms with van der Waals surface area (Å²) in [7, 11) is 0. The van der Waals surface area contributed by atoms with Gasteiger partial charge in [-0.15, -0.1) is 0 Å². The molecular weight excluding hydrogens is 444 g/mol. The first kappa shape index (κ1) is 22.0. The zero-order valence-electron chi connectivity index (χ0n) is 19.5. The zero-order valence-corrected chi connectivity index (χ0v) is 19.5. The van der Waals surface area contributed by atoms with Gasteiger partial charge in [0.2, 0.25) is 12.7 Å². The first-order valence-corrected chi connectivity index (χ1v) is 12.3. The molecule has 0 spiro atoms. The largest absolute Gasteiger partial charge is 0.454 e. The Kier molecular flexibility index (Phi) is 5.62. The van der Waals surface area contributed by atoms with Gasteiger partial charge in [-0.3, -0.25) is 9.59 Å². The fourth-order valence-corrected chi connectivity index (χ4v) is 5.91. The molecule has 35 heavy (non-hydrogen) atoms. The van der Waals surface area contributed by atoms with Crippen LogP contribution in [0.2, 0.25) is 0 Å². The first-order valence-electron chi connectivity index (χ1n) is 12.3. The summed E-state index contributed by atoms with van der Waals surface area (Å²) in [5.41, 5.74) is 2.51. The molecule has 0 bridgehead atoms. The van der Waals surface area contributed by atoms with Crippen LogP contribution < -0.4 is 9.47 Å². The van der Waals surface area contributed by atoms with Crippen LogP contribution in [0.25, 0.3) is 0 Å². The van der Waals surface area contributed by atoms with Crippen molar-refractivity contribution in [1.29, 1.82) is 0 Å². The van der Waals surface area contributed by atoms with E-state index in [1.807, 2.05) is 24.3 Å². The Bertz CT molecular complexity index is 1210. The van der Waals surface area contributed by atoms with Crippen molar-refractivity contribution in [2.45, 2.75) is 43.7 Å². The zero-order chi connectivity index (χ0) is 23.9. The van der Waals surface area contributed by atoms with Crippen LogP contribution in [-0.2, 0) is 4.79 Å². The van der Waals surface area contributed by atoms with Crippen LogP contribution in [0, 0.1) is 17.8 Å². The Morgan fingerprint density at radius 1 is 1.06 bits per heavy atom. The van der Waals surface area contributed by atoms with Gasteiger partial charge in [-0.2, -0.15) is 0 Å². The molecular formula is C28H28N2O5. The molecule has 0 unspecified atom stereocenters. The standard InChI is InChI=1S/C28H28N2O5/c31-16-23-27(20-9-7-19(8-10-20)6-5-18-3-1-2-4-18)22-14-29(15-26(32)30(22)23)28(33)21-11-12-24-25(13-21)35-17-34-24/h7-13,18,22-23,27,31H,1-4,14-17H2/t22-,23-,27+/m1/s1. The van der Waals surface area contributed by atoms with Gasteiger partial charge in [-0.25, -0.2) is 0 Å². The van der Waals surface area contributed by atoms with Gasteiger partial charge in [0.25, 0.3) is 5.91 Å². The number of carbonyl (C=O) groups excluding carboxylic acids is 2. The minimum atomic E-state index is -0.272. The van der Waals surface area contributed by atoms with E-state index >= 15 is 0 Å². The van der Waals surface area contributed by atoms with Crippen molar-refractivity contribution in [2.24, 2.45) is 5.92 Å². The van der Waals surface area contributed by atoms with Gasteiger partial charge in [0, 0.05) is 29.5 Å². The highest BCUT2D eigenvalue weighted by Crippen LogP contribution is 2.43. The summed E-state index contributed by atoms with van der Waals surface area (Å²) < 4.78 is 10.7. The molecule has 1 saturated carbocycles. The van der Waals surface area contributed by atoms with Gasteiger partial charge >= 0.3 is 0 Å². The lowest BCUT2D eigenvalue weighted by Gasteiger charge is -2.58. The number of aliphatic hydroxyl groups is 1. The van der Waals surface area contributed by atoms with E-state index in [0.717, 1.165) is 11.1 Å². The van der Waals surface area contributed by atoms with Crippen molar-refractivity contribution in [1.82, 2.24) is 9.80 Å². The maximum absolute atomic E-state index is 13.2. The van der Waals surface area contributed by atoms with E-state index in [9.17, 15) is 14.7 Å². The van der Waals surface area contributed by atoms with Crippen LogP contribution in [0.4, 0.5) is 0 Å². The van der Waals surface area contributed by atoms with E-state index < -0.39 is 0 Å². The van der Waals surface area contributed by atoms with E-state index in [0.29, 0.717) is 29.5 Å². The van der Waals surface area contributed by atoms with Crippen molar-refractivity contribution in [3.8, 4) is 23.3 Å². The number of hydrogen-bond acceptors (Lipinski definition) is 5. The van der Waals surface area contributed by atoms with E-state index in [2.05, 4.69) is 11.8 Å². The molecule has 2 aromatic carbocycles. The predicted octanol–water partition coefficient (Wildman–Crippen LogP) is 2.77. The van der Waals surface area contributed by atoms with Gasteiger partial charge < -0.3 is 24.4 Å². The second-order valence-corrected chi connectivity index (χ2v) is 9.77. The molecule has 1 N–H and O–H groups in total. The molecule has 3 heterocycles. The third kappa shape index (κ3) is 3.92. The van der Waals surface area contributed by atoms with Crippen molar-refractivity contribution < 1.29 is 24.2 Å². The molecule has 0 aromatic heterocycles. The van der Waals surface area contributed by atoms with Gasteiger partial charge in [0.05, 0.1) is 18.7 Å². The van der Waals surface area contributed by atoms with Crippen LogP contribution in [0.15, 0.2) is 42.5 Å². The quantitative estimate of drug-likeness (QED) is 0.695. The van der Waals surface area contributed by atoms with E-state index in [1.54, 1.807) is 28.0 Å². The minimum Gasteiger partial charge on any atom is -0.454 e. The van der Waals surface area contributed by atoms with Crippen LogP contribution in [-0.4, -0.2) is 65.3 Å². The smallest absolute Gasteiger partial charge is 0.254 e. The minimum absolute atomic E-state index is 0.00267. The maximum atomic E-state index is 13.2. The maximum Gasteiger partial charge on any atom is 0.254 e. The third-order valence-electron chi connectivity index (χ3n) is 7.73. The fraction of sp³-hybridized carbons (Fsp3) is 0.429. The lowest BCUT2D eigenvalue weighted by atomic mass is 9.73. The lowest BCUT2D eigenvalue weighted by Crippen LogP contribution is -2.73. The number of hydrogen-bond donors (Lipinski definition) is 1. The monoisotopic (exact) mass is 472 g/mol. The molecule has 0 radical (unpaired) electrons. The molecule has 7 heteroatoms. The van der Waals surface area contributed by atoms with Crippen LogP contribution >= 0.6 is 0 Å². The van der Waals surface area contributed by atoms with Crippen molar-refractivity contribution in [3.63, 3.8) is 0 Å². The van der Waals surface area contributed by atoms with Crippen molar-refractivity contribution >= 4 is 11.8 Å². The Morgan fingerprint density at radius 3 is 2.60 bits per heavy atom. The first-order chi connectivity index (χ1) is 17.1. The summed E-state index contributed by atoms with van der Waals surface area (Å²) in [5.74, 6) is 7.98. The Hall–Kier alpha value is -3.50. The van der Waals surface area contributed by atoms with Gasteiger partial charge in [0.15, 0.2) is 11.5 Å². The molecule has 3 aliphatic heterocycles. The van der Waals surface area contributed by atoms with Crippen molar-refractivity contribution in [3.05, 3.63) is 59.2 Å². The molecule has 4 aliphatic rings. The molecule has 3 fully saturated rings. The lowest BCUT2D eigenvalue weighted by molar-refractivity contribution is -0.159. The van der Waals surface area contributed by atoms with E-state index in [1.165, 1.54) is 25.7 Å². The summed E-state index contributed by atoms with van der Waals surface area (Å²) in [5, 5.41) is 10.1. The fourth-order valence-electron chi connectivity index (χ4n) is 5.91. The third-order valence-corrected chi connectivity index (χ3v) is 7.73. The Labute approximate surface area is 204 Å². The molecule has 3 atom stereocenters. The van der Waals surface area contributed by atoms with Crippen LogP contribution in [0.3, 0.4) is 0 Å². The Balaban J connectivity index is 1.19. The van der Waals surface area contributed by atoms with E-state index in [4.69, 9.17) is 9.47 Å². The molecule has 2 aromatic rings. The van der Waals surface area contributed by atoms with Crippen LogP contribution in [0.1, 0.15) is 53.1 Å². The number of carbonyl (C=O) groups is 2. The normalized spacial score (nSPS) is 25.1. The topological polar surface area (TPSA) is 79.3 Å². The average molecular weight is 473 g/mol. The summed E-state index contributed by atoms with van der Waals surface area (Å²) >= 11 is 0. The Morgan fingerprint density at radius 2 is 1.83 bits per heavy atom. The number of ether oxygens (including phenoxy) is 2. The molecule has 1 aliphatic carbocycles. The number of piperazine rings is 1. The number of aliphatic hydroxyl groups excluding tert-OH is 1. The second-order valence-electron chi connectivity index (χ2n) is 9.77. The highest BCUT2D eigenvalue weighted by Gasteiger charge is 2.54. The predicted molar refractivity (Wildman–Crippen MR) is 128 cm³/mol. The van der Waals surface area contributed by atoms with Gasteiger partial charge in [0.1, 0.15) is 6.54 Å². The average Bonchev–Trinajstić information content (AvgIpc) is 3.56. The summed E-state index contributed by atoms with van der Waals surface area (Å²) in [6.45, 7) is 0.458. The van der Waals surface area contributed by atoms with Crippen LogP contribution in [0.5, 0.6) is 11.5 Å².